The molecule has 0 saturated carbocycles. The highest BCUT2D eigenvalue weighted by Gasteiger charge is 2.10. The van der Waals surface area contributed by atoms with E-state index < -0.39 is 0 Å². The number of nitrogens with one attached hydrogen (secondary N) is 2. The number of hydrogen-bond donors (Lipinski definition) is 2. The molecule has 0 aliphatic rings. The van der Waals surface area contributed by atoms with Gasteiger partial charge in [-0.1, -0.05) is 69.6 Å². The van der Waals surface area contributed by atoms with Crippen LogP contribution in [0.5, 0.6) is 17.2 Å². The minimum atomic E-state index is 0. The van der Waals surface area contributed by atoms with Gasteiger partial charge >= 0.3 is 0 Å². The van der Waals surface area contributed by atoms with Crippen LogP contribution in [0.2, 0.25) is 30.1 Å². The van der Waals surface area contributed by atoms with Crippen molar-refractivity contribution < 1.29 is 14.2 Å². The monoisotopic (exact) mass is 698 g/mol. The third kappa shape index (κ3) is 9.72. The summed E-state index contributed by atoms with van der Waals surface area (Å²) in [6, 6.07) is 9.53. The van der Waals surface area contributed by atoms with Crippen molar-refractivity contribution in [2.45, 2.75) is 0 Å². The van der Waals surface area contributed by atoms with Gasteiger partial charge < -0.3 is 14.2 Å². The summed E-state index contributed by atoms with van der Waals surface area (Å²) in [5, 5.41) is 18.6. The van der Waals surface area contributed by atoms with Gasteiger partial charge in [0, 0.05) is 31.8 Å². The predicted molar refractivity (Wildman–Crippen MR) is 173 cm³/mol. The molecule has 0 heterocycles. The quantitative estimate of drug-likeness (QED) is 0.134. The Morgan fingerprint density at radius 3 is 1.27 bits per heavy atom. The fraction of sp³-hybridized carbons (Fsp3) is 0.120. The van der Waals surface area contributed by atoms with E-state index in [1.165, 1.54) is 40.0 Å². The second-order valence-electron chi connectivity index (χ2n) is 7.46. The van der Waals surface area contributed by atoms with Crippen LogP contribution in [0.3, 0.4) is 0 Å². The molecule has 41 heavy (non-hydrogen) atoms. The molecule has 0 bridgehead atoms. The Balaban J connectivity index is 0.00000588. The topological polar surface area (TPSA) is 101 Å². The van der Waals surface area contributed by atoms with Crippen LogP contribution >= 0.6 is 82.0 Å². The third-order valence-corrected chi connectivity index (χ3v) is 6.32. The van der Waals surface area contributed by atoms with Crippen molar-refractivity contribution in [3.05, 3.63) is 83.2 Å². The fourth-order valence-electron chi connectivity index (χ4n) is 3.22. The molecule has 0 aliphatic heterocycles. The highest BCUT2D eigenvalue weighted by atomic mass is 35.5. The molecule has 0 radical (unpaired) electrons. The molecule has 0 fully saturated rings. The van der Waals surface area contributed by atoms with E-state index in [4.69, 9.17) is 83.8 Å². The average molecular weight is 702 g/mol. The molecule has 0 amide bonds. The van der Waals surface area contributed by atoms with E-state index in [1.54, 1.807) is 36.4 Å². The summed E-state index contributed by atoms with van der Waals surface area (Å²) >= 11 is 36.9. The fourth-order valence-corrected chi connectivity index (χ4v) is 4.98. The molecule has 0 unspecified atom stereocenters. The normalized spacial score (nSPS) is 11.0. The maximum absolute atomic E-state index is 6.20. The largest absolute Gasteiger partial charge is 0.495 e. The van der Waals surface area contributed by atoms with Gasteiger partial charge in [0.1, 0.15) is 17.2 Å². The number of benzene rings is 3. The molecule has 0 aromatic heterocycles. The zero-order chi connectivity index (χ0) is 29.2. The van der Waals surface area contributed by atoms with Crippen molar-refractivity contribution in [3.63, 3.8) is 0 Å². The van der Waals surface area contributed by atoms with Gasteiger partial charge in [0.2, 0.25) is 0 Å². The number of ether oxygens (including phenoxy) is 3. The number of guanidine groups is 1. The van der Waals surface area contributed by atoms with Crippen molar-refractivity contribution in [1.82, 2.24) is 10.9 Å². The minimum absolute atomic E-state index is 0. The number of hydrogen-bond acceptors (Lipinski definition) is 7. The maximum atomic E-state index is 6.20. The highest BCUT2D eigenvalue weighted by molar-refractivity contribution is 6.37. The van der Waals surface area contributed by atoms with Gasteiger partial charge in [-0.25, -0.2) is 10.9 Å². The van der Waals surface area contributed by atoms with Gasteiger partial charge in [0.05, 0.1) is 55.0 Å². The van der Waals surface area contributed by atoms with Gasteiger partial charge in [-0.15, -0.1) is 17.5 Å². The van der Waals surface area contributed by atoms with Gasteiger partial charge in [0.25, 0.3) is 5.96 Å². The zero-order valence-electron chi connectivity index (χ0n) is 21.4. The van der Waals surface area contributed by atoms with E-state index in [9.17, 15) is 0 Å². The van der Waals surface area contributed by atoms with Gasteiger partial charge in [-0.2, -0.15) is 15.3 Å². The Kier molecular flexibility index (Phi) is 14.1. The third-order valence-electron chi connectivity index (χ3n) is 4.83. The summed E-state index contributed by atoms with van der Waals surface area (Å²) in [5.41, 5.74) is 6.92. The Morgan fingerprint density at radius 1 is 0.585 bits per heavy atom. The first kappa shape index (κ1) is 34.6. The standard InChI is InChI=1S/C25H20Cl6N6O3.ClH/c1-38-22-13(4-16(26)7-19(22)29)10-32-35-25(36-33-11-14-5-17(27)8-20(30)23(14)39-2)37-34-12-15-6-18(28)9-21(31)24(15)40-3;/h4-12H,1-3H3,(H2,35,36,37);1H/b32-10+,33-11+,34-12+;. The van der Waals surface area contributed by atoms with E-state index in [-0.39, 0.29) is 18.4 Å². The first-order valence-corrected chi connectivity index (χ1v) is 13.2. The highest BCUT2D eigenvalue weighted by Crippen LogP contribution is 2.33. The second kappa shape index (κ2) is 16.7. The Labute approximate surface area is 272 Å². The van der Waals surface area contributed by atoms with Crippen LogP contribution in [0.15, 0.2) is 56.8 Å². The Morgan fingerprint density at radius 2 is 0.927 bits per heavy atom. The van der Waals surface area contributed by atoms with E-state index in [0.717, 1.165) is 0 Å². The van der Waals surface area contributed by atoms with Gasteiger partial charge in [-0.05, 0) is 36.4 Å². The molecule has 3 rings (SSSR count). The van der Waals surface area contributed by atoms with Gasteiger partial charge in [-0.3, -0.25) is 0 Å². The molecule has 218 valence electrons. The SMILES string of the molecule is COc1c(Cl)cc(Cl)cc1/C=N/N=C(N/N=C/c1cc(Cl)cc(Cl)c1OC)N/N=C/c1cc(Cl)cc(Cl)c1OC.Cl. The van der Waals surface area contributed by atoms with Crippen LogP contribution in [0, 0.1) is 0 Å². The molecule has 0 aliphatic carbocycles. The Hall–Kier alpha value is -2.63. The molecular weight excluding hydrogens is 680 g/mol. The van der Waals surface area contributed by atoms with Crippen LogP contribution < -0.4 is 25.1 Å². The summed E-state index contributed by atoms with van der Waals surface area (Å²) in [5.74, 6) is 1.15. The van der Waals surface area contributed by atoms with Crippen LogP contribution in [-0.4, -0.2) is 45.9 Å². The molecule has 16 heteroatoms. The molecule has 3 aromatic rings. The van der Waals surface area contributed by atoms with Crippen molar-refractivity contribution in [3.8, 4) is 17.2 Å². The zero-order valence-corrected chi connectivity index (χ0v) is 26.7. The lowest BCUT2D eigenvalue weighted by molar-refractivity contribution is 0.414. The molecule has 9 nitrogen and oxygen atoms in total. The van der Waals surface area contributed by atoms with E-state index in [2.05, 4.69) is 31.3 Å². The average Bonchev–Trinajstić information content (AvgIpc) is 2.88. The lowest BCUT2D eigenvalue weighted by Crippen LogP contribution is -2.30. The molecule has 2 N–H and O–H groups in total. The lowest BCUT2D eigenvalue weighted by atomic mass is 10.2. The van der Waals surface area contributed by atoms with E-state index in [0.29, 0.717) is 64.1 Å². The van der Waals surface area contributed by atoms with Gasteiger partial charge in [0.15, 0.2) is 0 Å². The van der Waals surface area contributed by atoms with Crippen molar-refractivity contribution in [1.29, 1.82) is 0 Å². The summed E-state index contributed by atoms with van der Waals surface area (Å²) in [7, 11) is 4.43. The summed E-state index contributed by atoms with van der Waals surface area (Å²) in [6.07, 6.45) is 4.26. The van der Waals surface area contributed by atoms with Crippen molar-refractivity contribution in [2.24, 2.45) is 20.4 Å². The second-order valence-corrected chi connectivity index (χ2v) is 9.99. The first-order chi connectivity index (χ1) is 19.2. The molecule has 0 atom stereocenters. The smallest absolute Gasteiger partial charge is 0.257 e. The maximum Gasteiger partial charge on any atom is 0.257 e. The number of rotatable bonds is 9. The van der Waals surface area contributed by atoms with Crippen LogP contribution in [0.1, 0.15) is 16.7 Å². The molecule has 0 saturated heterocycles. The van der Waals surface area contributed by atoms with Crippen molar-refractivity contribution in [2.75, 3.05) is 21.3 Å². The molecule has 0 spiro atoms. The molecule has 3 aromatic carbocycles. The predicted octanol–water partition coefficient (Wildman–Crippen LogP) is 7.99. The van der Waals surface area contributed by atoms with E-state index >= 15 is 0 Å². The number of methoxy groups -OCH3 is 3. The lowest BCUT2D eigenvalue weighted by Gasteiger charge is -2.09. The minimum Gasteiger partial charge on any atom is -0.495 e. The molecular formula is C25H21Cl7N6O3. The number of hydrazone groups is 2. The van der Waals surface area contributed by atoms with Crippen LogP contribution in [-0.2, 0) is 0 Å². The first-order valence-electron chi connectivity index (χ1n) is 10.9. The van der Waals surface area contributed by atoms with Crippen LogP contribution in [0.4, 0.5) is 0 Å². The summed E-state index contributed by atoms with van der Waals surface area (Å²) < 4.78 is 16.0. The summed E-state index contributed by atoms with van der Waals surface area (Å²) in [4.78, 5) is 0. The van der Waals surface area contributed by atoms with E-state index in [1.807, 2.05) is 0 Å². The Bertz CT molecular complexity index is 1430. The number of nitrogens with zero attached hydrogens (tertiary/aromatic N) is 4. The summed E-state index contributed by atoms with van der Waals surface area (Å²) in [6.45, 7) is 0. The van der Waals surface area contributed by atoms with Crippen LogP contribution in [0.25, 0.3) is 0 Å². The van der Waals surface area contributed by atoms with Crippen molar-refractivity contribution >= 4 is 107 Å². The number of halogens is 7.